The molecule has 9 heteroatoms. The SMILES string of the molecule is COC(=O)[C@H](C#N)c1ccc(B2OC(C)(C)C(C)(C)O2)cc1[N+](=O)[O-]. The maximum atomic E-state index is 11.7. The van der Waals surface area contributed by atoms with Crippen LogP contribution in [-0.2, 0) is 18.8 Å². The fraction of sp³-hybridized carbons (Fsp3) is 0.500. The molecule has 0 saturated carbocycles. The molecule has 1 aromatic carbocycles. The Hall–Kier alpha value is -2.44. The predicted molar refractivity (Wildman–Crippen MR) is 89.2 cm³/mol. The molecular weight excluding hydrogens is 327 g/mol. The van der Waals surface area contributed by atoms with Crippen LogP contribution in [0.2, 0.25) is 0 Å². The molecule has 8 nitrogen and oxygen atoms in total. The third kappa shape index (κ3) is 3.36. The second-order valence-electron chi connectivity index (χ2n) is 6.75. The van der Waals surface area contributed by atoms with Crippen LogP contribution in [0.25, 0.3) is 0 Å². The van der Waals surface area contributed by atoms with Crippen LogP contribution < -0.4 is 5.46 Å². The van der Waals surface area contributed by atoms with Crippen molar-refractivity contribution in [3.8, 4) is 6.07 Å². The van der Waals surface area contributed by atoms with Gasteiger partial charge in [-0.05, 0) is 33.2 Å². The molecule has 0 amide bonds. The van der Waals surface area contributed by atoms with Gasteiger partial charge in [-0.25, -0.2) is 0 Å². The lowest BCUT2D eigenvalue weighted by Crippen LogP contribution is -2.41. The Balaban J connectivity index is 2.46. The van der Waals surface area contributed by atoms with Gasteiger partial charge < -0.3 is 14.0 Å². The van der Waals surface area contributed by atoms with Gasteiger partial charge in [0.25, 0.3) is 5.69 Å². The van der Waals surface area contributed by atoms with Crippen molar-refractivity contribution in [3.05, 3.63) is 33.9 Å². The number of ether oxygens (including phenoxy) is 1. The first kappa shape index (κ1) is 18.9. The Kier molecular flexibility index (Phi) is 4.89. The lowest BCUT2D eigenvalue weighted by atomic mass is 9.77. The van der Waals surface area contributed by atoms with Crippen molar-refractivity contribution in [1.29, 1.82) is 5.26 Å². The summed E-state index contributed by atoms with van der Waals surface area (Å²) in [7, 11) is 0.341. The van der Waals surface area contributed by atoms with Crippen LogP contribution in [0.4, 0.5) is 5.69 Å². The Morgan fingerprint density at radius 3 is 2.32 bits per heavy atom. The van der Waals surface area contributed by atoms with E-state index in [1.54, 1.807) is 12.1 Å². The van der Waals surface area contributed by atoms with Crippen molar-refractivity contribution < 1.29 is 23.8 Å². The first-order valence-corrected chi connectivity index (χ1v) is 7.65. The fourth-order valence-corrected chi connectivity index (χ4v) is 2.46. The number of esters is 1. The van der Waals surface area contributed by atoms with E-state index in [1.165, 1.54) is 12.1 Å². The number of nitro benzene ring substituents is 1. The normalized spacial score (nSPS) is 19.1. The predicted octanol–water partition coefficient (Wildman–Crippen LogP) is 1.67. The van der Waals surface area contributed by atoms with E-state index >= 15 is 0 Å². The van der Waals surface area contributed by atoms with E-state index in [9.17, 15) is 20.2 Å². The average Bonchev–Trinajstić information content (AvgIpc) is 2.75. The monoisotopic (exact) mass is 346 g/mol. The first-order chi connectivity index (χ1) is 11.5. The van der Waals surface area contributed by atoms with Gasteiger partial charge in [-0.15, -0.1) is 0 Å². The second-order valence-corrected chi connectivity index (χ2v) is 6.75. The molecule has 2 rings (SSSR count). The maximum absolute atomic E-state index is 11.7. The summed E-state index contributed by atoms with van der Waals surface area (Å²) in [5.41, 5.74) is -1.13. The molecule has 1 heterocycles. The van der Waals surface area contributed by atoms with Crippen LogP contribution in [0.1, 0.15) is 39.2 Å². The van der Waals surface area contributed by atoms with Gasteiger partial charge in [-0.3, -0.25) is 14.9 Å². The number of hydrogen-bond acceptors (Lipinski definition) is 7. The molecule has 1 fully saturated rings. The van der Waals surface area contributed by atoms with Crippen LogP contribution in [0.15, 0.2) is 18.2 Å². The lowest BCUT2D eigenvalue weighted by Gasteiger charge is -2.32. The van der Waals surface area contributed by atoms with Gasteiger partial charge in [0.15, 0.2) is 5.92 Å². The average molecular weight is 346 g/mol. The van der Waals surface area contributed by atoms with Gasteiger partial charge in [0.1, 0.15) is 0 Å². The van der Waals surface area contributed by atoms with E-state index in [0.717, 1.165) is 7.11 Å². The van der Waals surface area contributed by atoms with Crippen LogP contribution in [0.5, 0.6) is 0 Å². The highest BCUT2D eigenvalue weighted by Crippen LogP contribution is 2.37. The number of hydrogen-bond donors (Lipinski definition) is 0. The van der Waals surface area contributed by atoms with E-state index in [-0.39, 0.29) is 11.3 Å². The van der Waals surface area contributed by atoms with Crippen molar-refractivity contribution in [3.63, 3.8) is 0 Å². The summed E-state index contributed by atoms with van der Waals surface area (Å²) >= 11 is 0. The summed E-state index contributed by atoms with van der Waals surface area (Å²) < 4.78 is 16.3. The van der Waals surface area contributed by atoms with Gasteiger partial charge in [0.05, 0.1) is 34.9 Å². The summed E-state index contributed by atoms with van der Waals surface area (Å²) in [5.74, 6) is -2.23. The van der Waals surface area contributed by atoms with Gasteiger partial charge >= 0.3 is 13.1 Å². The molecule has 1 saturated heterocycles. The highest BCUT2D eigenvalue weighted by atomic mass is 16.7. The van der Waals surface area contributed by atoms with E-state index in [2.05, 4.69) is 4.74 Å². The minimum atomic E-state index is -1.38. The highest BCUT2D eigenvalue weighted by molar-refractivity contribution is 6.62. The maximum Gasteiger partial charge on any atom is 0.495 e. The van der Waals surface area contributed by atoms with Crippen molar-refractivity contribution >= 4 is 24.2 Å². The summed E-state index contributed by atoms with van der Waals surface area (Å²) in [6, 6.07) is 5.92. The fourth-order valence-electron chi connectivity index (χ4n) is 2.46. The number of benzene rings is 1. The molecular formula is C16H19BN2O6. The molecule has 0 radical (unpaired) electrons. The van der Waals surface area contributed by atoms with E-state index in [4.69, 9.17) is 9.31 Å². The molecule has 132 valence electrons. The van der Waals surface area contributed by atoms with Crippen LogP contribution >= 0.6 is 0 Å². The van der Waals surface area contributed by atoms with Crippen molar-refractivity contribution in [2.24, 2.45) is 0 Å². The summed E-state index contributed by atoms with van der Waals surface area (Å²) in [5, 5.41) is 20.6. The minimum absolute atomic E-state index is 0.0281. The number of carbonyl (C=O) groups excluding carboxylic acids is 1. The minimum Gasteiger partial charge on any atom is -0.468 e. The summed E-state index contributed by atoms with van der Waals surface area (Å²) in [6.07, 6.45) is 0. The molecule has 0 unspecified atom stereocenters. The molecule has 1 aliphatic heterocycles. The third-order valence-corrected chi connectivity index (χ3v) is 4.65. The van der Waals surface area contributed by atoms with Crippen LogP contribution in [-0.4, -0.2) is 36.3 Å². The number of carbonyl (C=O) groups is 1. The molecule has 0 aliphatic carbocycles. The molecule has 25 heavy (non-hydrogen) atoms. The number of rotatable bonds is 4. The van der Waals surface area contributed by atoms with Crippen LogP contribution in [0, 0.1) is 21.4 Å². The Morgan fingerprint density at radius 1 is 1.32 bits per heavy atom. The topological polar surface area (TPSA) is 112 Å². The quantitative estimate of drug-likeness (QED) is 0.353. The van der Waals surface area contributed by atoms with Gasteiger partial charge in [0.2, 0.25) is 0 Å². The first-order valence-electron chi connectivity index (χ1n) is 7.65. The van der Waals surface area contributed by atoms with Crippen molar-refractivity contribution in [2.75, 3.05) is 7.11 Å². The van der Waals surface area contributed by atoms with Crippen molar-refractivity contribution in [2.45, 2.75) is 44.8 Å². The zero-order chi connectivity index (χ0) is 19.0. The van der Waals surface area contributed by atoms with E-state index in [0.29, 0.717) is 5.46 Å². The number of methoxy groups -OCH3 is 1. The molecule has 1 aromatic rings. The molecule has 0 spiro atoms. The number of nitrogens with zero attached hydrogens (tertiary/aromatic N) is 2. The highest BCUT2D eigenvalue weighted by Gasteiger charge is 2.52. The van der Waals surface area contributed by atoms with Crippen LogP contribution in [0.3, 0.4) is 0 Å². The zero-order valence-corrected chi connectivity index (χ0v) is 14.7. The Labute approximate surface area is 146 Å². The summed E-state index contributed by atoms with van der Waals surface area (Å²) in [6.45, 7) is 7.50. The van der Waals surface area contributed by atoms with E-state index in [1.807, 2.05) is 27.7 Å². The molecule has 0 aromatic heterocycles. The zero-order valence-electron chi connectivity index (χ0n) is 14.7. The number of nitriles is 1. The molecule has 0 N–H and O–H groups in total. The standard InChI is InChI=1S/C16H19BN2O6/c1-15(2)16(3,4)25-17(24-15)10-6-7-11(13(8-10)19(21)22)12(9-18)14(20)23-5/h6-8,12H,1-5H3/t12-/m1/s1. The molecule has 0 bridgehead atoms. The summed E-state index contributed by atoms with van der Waals surface area (Å²) in [4.78, 5) is 22.5. The van der Waals surface area contributed by atoms with E-state index < -0.39 is 35.1 Å². The smallest absolute Gasteiger partial charge is 0.468 e. The molecule has 1 atom stereocenters. The number of nitro groups is 1. The van der Waals surface area contributed by atoms with Gasteiger partial charge in [-0.2, -0.15) is 5.26 Å². The molecule has 1 aliphatic rings. The van der Waals surface area contributed by atoms with Crippen molar-refractivity contribution in [1.82, 2.24) is 0 Å². The second kappa shape index (κ2) is 6.46. The largest absolute Gasteiger partial charge is 0.495 e. The lowest BCUT2D eigenvalue weighted by molar-refractivity contribution is -0.385. The Bertz CT molecular complexity index is 739. The Morgan fingerprint density at radius 2 is 1.88 bits per heavy atom. The van der Waals surface area contributed by atoms with Gasteiger partial charge in [-0.1, -0.05) is 12.1 Å². The third-order valence-electron chi connectivity index (χ3n) is 4.65. The van der Waals surface area contributed by atoms with Gasteiger partial charge in [0, 0.05) is 6.07 Å².